The highest BCUT2D eigenvalue weighted by molar-refractivity contribution is 7.11. The quantitative estimate of drug-likeness (QED) is 0.282. The molecule has 5 aromatic heterocycles. The van der Waals surface area contributed by atoms with Crippen LogP contribution in [0.5, 0.6) is 0 Å². The number of aromatic amines is 2. The van der Waals surface area contributed by atoms with Crippen molar-refractivity contribution in [2.75, 3.05) is 19.0 Å². The molecule has 6 nitrogen and oxygen atoms in total. The predicted molar refractivity (Wildman–Crippen MR) is 142 cm³/mol. The molecule has 7 heteroatoms. The van der Waals surface area contributed by atoms with E-state index in [4.69, 9.17) is 0 Å². The van der Waals surface area contributed by atoms with E-state index >= 15 is 0 Å². The van der Waals surface area contributed by atoms with Gasteiger partial charge in [0.1, 0.15) is 0 Å². The van der Waals surface area contributed by atoms with Gasteiger partial charge >= 0.3 is 0 Å². The summed E-state index contributed by atoms with van der Waals surface area (Å²) in [6, 6.07) is 10.7. The number of allylic oxidation sites excluding steroid dienone is 3. The van der Waals surface area contributed by atoms with Gasteiger partial charge in [-0.25, -0.2) is 4.98 Å². The summed E-state index contributed by atoms with van der Waals surface area (Å²) in [4.78, 5) is 15.9. The lowest BCUT2D eigenvalue weighted by Gasteiger charge is -2.12. The lowest BCUT2D eigenvalue weighted by Crippen LogP contribution is -2.08. The Bertz CT molecular complexity index is 1500. The third-order valence-electron chi connectivity index (χ3n) is 5.80. The molecule has 0 unspecified atom stereocenters. The molecule has 0 atom stereocenters. The molecule has 0 aliphatic rings. The van der Waals surface area contributed by atoms with Crippen LogP contribution in [0.15, 0.2) is 72.5 Å². The van der Waals surface area contributed by atoms with Crippen LogP contribution in [0.3, 0.4) is 0 Å². The minimum Gasteiger partial charge on any atom is -0.376 e. The van der Waals surface area contributed by atoms with Gasteiger partial charge in [0.15, 0.2) is 5.65 Å². The first-order valence-electron chi connectivity index (χ1n) is 11.1. The van der Waals surface area contributed by atoms with Crippen molar-refractivity contribution < 1.29 is 0 Å². The molecule has 0 spiro atoms. The van der Waals surface area contributed by atoms with Crippen LogP contribution in [-0.2, 0) is 0 Å². The first-order valence-corrected chi connectivity index (χ1v) is 12.0. The highest BCUT2D eigenvalue weighted by atomic mass is 32.1. The van der Waals surface area contributed by atoms with Crippen molar-refractivity contribution in [3.63, 3.8) is 0 Å². The lowest BCUT2D eigenvalue weighted by molar-refractivity contribution is 1.09. The molecule has 0 aliphatic carbocycles. The Labute approximate surface area is 202 Å². The average molecular weight is 467 g/mol. The van der Waals surface area contributed by atoms with Gasteiger partial charge in [0, 0.05) is 64.7 Å². The zero-order valence-corrected chi connectivity index (χ0v) is 20.4. The first kappa shape index (κ1) is 21.9. The Morgan fingerprint density at radius 1 is 1.09 bits per heavy atom. The van der Waals surface area contributed by atoms with Crippen molar-refractivity contribution in [3.8, 4) is 22.5 Å². The molecular formula is C27H26N6S. The predicted octanol–water partition coefficient (Wildman–Crippen LogP) is 6.46. The number of rotatable bonds is 6. The maximum absolute atomic E-state index is 4.61. The fourth-order valence-electron chi connectivity index (χ4n) is 3.99. The van der Waals surface area contributed by atoms with Crippen LogP contribution >= 0.6 is 11.3 Å². The second-order valence-corrected chi connectivity index (χ2v) is 9.27. The van der Waals surface area contributed by atoms with Crippen molar-refractivity contribution in [3.05, 3.63) is 88.7 Å². The van der Waals surface area contributed by atoms with Gasteiger partial charge in [0.05, 0.1) is 23.3 Å². The van der Waals surface area contributed by atoms with E-state index in [0.29, 0.717) is 5.65 Å². The van der Waals surface area contributed by atoms with E-state index in [1.54, 1.807) is 11.3 Å². The minimum absolute atomic E-state index is 0.687. The molecular weight excluding hydrogens is 440 g/mol. The molecule has 0 saturated heterocycles. The Hall–Kier alpha value is -3.97. The molecule has 0 aliphatic heterocycles. The molecule has 170 valence electrons. The zero-order chi connectivity index (χ0) is 23.7. The van der Waals surface area contributed by atoms with Crippen molar-refractivity contribution in [1.29, 1.82) is 0 Å². The monoisotopic (exact) mass is 466 g/mol. The highest BCUT2D eigenvalue weighted by Crippen LogP contribution is 2.35. The summed E-state index contributed by atoms with van der Waals surface area (Å²) in [5.74, 6) is 0. The molecule has 0 aromatic carbocycles. The van der Waals surface area contributed by atoms with E-state index in [1.165, 1.54) is 16.0 Å². The Balaban J connectivity index is 1.59. The minimum atomic E-state index is 0.687. The van der Waals surface area contributed by atoms with E-state index in [0.717, 1.165) is 39.3 Å². The second-order valence-electron chi connectivity index (χ2n) is 8.33. The standard InChI is InChI=1S/C27H26N6S/c1-5-6-8-21(25-9-7-10-34-25)22-13-24(30-17(22)2)26-23-12-19(15-29-27(23)32-31-26)18-11-20(33(3)4)16-28-14-18/h5-16,30H,1-4H3,(H,29,31,32)/b6-5-,21-8+. The molecule has 0 radical (unpaired) electrons. The van der Waals surface area contributed by atoms with Gasteiger partial charge in [-0.1, -0.05) is 24.3 Å². The molecule has 2 N–H and O–H groups in total. The number of thiophene rings is 1. The number of nitrogens with zero attached hydrogens (tertiary/aromatic N) is 4. The zero-order valence-electron chi connectivity index (χ0n) is 19.6. The van der Waals surface area contributed by atoms with E-state index < -0.39 is 0 Å². The Kier molecular flexibility index (Phi) is 5.86. The topological polar surface area (TPSA) is 73.5 Å². The summed E-state index contributed by atoms with van der Waals surface area (Å²) < 4.78 is 0. The Morgan fingerprint density at radius 3 is 2.71 bits per heavy atom. The summed E-state index contributed by atoms with van der Waals surface area (Å²) in [6.45, 7) is 4.14. The van der Waals surface area contributed by atoms with E-state index in [-0.39, 0.29) is 0 Å². The number of aryl methyl sites for hydroxylation is 1. The fourth-order valence-corrected chi connectivity index (χ4v) is 4.76. The number of fused-ring (bicyclic) bond motifs is 1. The van der Waals surface area contributed by atoms with Crippen LogP contribution in [0.25, 0.3) is 39.1 Å². The van der Waals surface area contributed by atoms with Gasteiger partial charge in [0.2, 0.25) is 0 Å². The number of hydrogen-bond donors (Lipinski definition) is 2. The number of aromatic nitrogens is 5. The third kappa shape index (κ3) is 4.06. The molecule has 5 aromatic rings. The summed E-state index contributed by atoms with van der Waals surface area (Å²) >= 11 is 1.74. The summed E-state index contributed by atoms with van der Waals surface area (Å²) in [5, 5.41) is 10.7. The fraction of sp³-hybridized carbons (Fsp3) is 0.148. The summed E-state index contributed by atoms with van der Waals surface area (Å²) in [6.07, 6.45) is 11.9. The maximum atomic E-state index is 4.61. The van der Waals surface area contributed by atoms with Crippen molar-refractivity contribution in [2.45, 2.75) is 13.8 Å². The smallest absolute Gasteiger partial charge is 0.181 e. The van der Waals surface area contributed by atoms with Crippen molar-refractivity contribution in [1.82, 2.24) is 25.1 Å². The largest absolute Gasteiger partial charge is 0.376 e. The van der Waals surface area contributed by atoms with Crippen LogP contribution in [0.4, 0.5) is 5.69 Å². The van der Waals surface area contributed by atoms with Crippen LogP contribution in [0.2, 0.25) is 0 Å². The first-order chi connectivity index (χ1) is 16.5. The van der Waals surface area contributed by atoms with Crippen LogP contribution in [-0.4, -0.2) is 39.2 Å². The molecule has 0 amide bonds. The molecule has 5 rings (SSSR count). The summed E-state index contributed by atoms with van der Waals surface area (Å²) in [7, 11) is 4.02. The van der Waals surface area contributed by atoms with Gasteiger partial charge in [-0.2, -0.15) is 5.10 Å². The van der Waals surface area contributed by atoms with Crippen LogP contribution in [0, 0.1) is 6.92 Å². The van der Waals surface area contributed by atoms with Gasteiger partial charge < -0.3 is 9.88 Å². The molecule has 0 bridgehead atoms. The van der Waals surface area contributed by atoms with Gasteiger partial charge in [-0.15, -0.1) is 11.3 Å². The molecule has 0 saturated carbocycles. The van der Waals surface area contributed by atoms with E-state index in [2.05, 4.69) is 79.9 Å². The Morgan fingerprint density at radius 2 is 1.94 bits per heavy atom. The second kappa shape index (κ2) is 9.11. The number of nitrogens with one attached hydrogen (secondary N) is 2. The van der Waals surface area contributed by atoms with E-state index in [1.807, 2.05) is 50.6 Å². The van der Waals surface area contributed by atoms with Crippen LogP contribution < -0.4 is 4.90 Å². The average Bonchev–Trinajstić information content (AvgIpc) is 3.59. The van der Waals surface area contributed by atoms with Gasteiger partial charge in [0.25, 0.3) is 0 Å². The molecule has 5 heterocycles. The van der Waals surface area contributed by atoms with E-state index in [9.17, 15) is 0 Å². The van der Waals surface area contributed by atoms with Gasteiger partial charge in [-0.05, 0) is 43.5 Å². The lowest BCUT2D eigenvalue weighted by atomic mass is 10.0. The van der Waals surface area contributed by atoms with Crippen molar-refractivity contribution in [2.24, 2.45) is 0 Å². The maximum Gasteiger partial charge on any atom is 0.181 e. The number of anilines is 1. The third-order valence-corrected chi connectivity index (χ3v) is 6.70. The number of hydrogen-bond acceptors (Lipinski definition) is 5. The molecule has 0 fully saturated rings. The highest BCUT2D eigenvalue weighted by Gasteiger charge is 2.17. The number of pyridine rings is 2. The normalized spacial score (nSPS) is 12.2. The van der Waals surface area contributed by atoms with Crippen molar-refractivity contribution >= 4 is 33.6 Å². The summed E-state index contributed by atoms with van der Waals surface area (Å²) in [5.41, 5.74) is 9.13. The molecule has 34 heavy (non-hydrogen) atoms. The number of H-pyrrole nitrogens is 2. The van der Waals surface area contributed by atoms with Gasteiger partial charge in [-0.3, -0.25) is 10.1 Å². The SMILES string of the molecule is C/C=C\C=C(\c1cccs1)c1cc(-c2[nH]nc3ncc(-c4cncc(N(C)C)c4)cc23)[nH]c1C. The van der Waals surface area contributed by atoms with Crippen LogP contribution in [0.1, 0.15) is 23.1 Å².